The molecule has 0 bridgehead atoms. The fourth-order valence-electron chi connectivity index (χ4n) is 3.61. The Kier molecular flexibility index (Phi) is 5.24. The zero-order valence-corrected chi connectivity index (χ0v) is 17.5. The van der Waals surface area contributed by atoms with E-state index in [0.29, 0.717) is 31.7 Å². The molecule has 0 spiro atoms. The Hall–Kier alpha value is -3.28. The molecule has 0 radical (unpaired) electrons. The molecule has 0 atom stereocenters. The lowest BCUT2D eigenvalue weighted by Crippen LogP contribution is -2.35. The predicted molar refractivity (Wildman–Crippen MR) is 114 cm³/mol. The van der Waals surface area contributed by atoms with Crippen LogP contribution in [0.5, 0.6) is 0 Å². The second-order valence-electron chi connectivity index (χ2n) is 8.88. The number of nitrogens with zero attached hydrogens (tertiary/aromatic N) is 1. The molecular formula is C24H26N2O4. The first-order valence-electron chi connectivity index (χ1n) is 10.1. The highest BCUT2D eigenvalue weighted by Gasteiger charge is 2.26. The van der Waals surface area contributed by atoms with Gasteiger partial charge in [-0.2, -0.15) is 0 Å². The summed E-state index contributed by atoms with van der Waals surface area (Å²) in [5, 5.41) is 2.94. The second kappa shape index (κ2) is 7.86. The minimum Gasteiger partial charge on any atom is -0.461 e. The van der Waals surface area contributed by atoms with E-state index in [4.69, 9.17) is 8.83 Å². The van der Waals surface area contributed by atoms with E-state index in [1.54, 1.807) is 17.0 Å². The third-order valence-electron chi connectivity index (χ3n) is 5.03. The maximum Gasteiger partial charge on any atom is 0.289 e. The van der Waals surface area contributed by atoms with Crippen molar-refractivity contribution in [2.24, 2.45) is 5.41 Å². The van der Waals surface area contributed by atoms with Crippen LogP contribution in [0.4, 0.5) is 5.69 Å². The average Bonchev–Trinajstić information content (AvgIpc) is 3.35. The van der Waals surface area contributed by atoms with Crippen LogP contribution in [-0.2, 0) is 17.8 Å². The van der Waals surface area contributed by atoms with E-state index in [1.807, 2.05) is 51.1 Å². The highest BCUT2D eigenvalue weighted by Crippen LogP contribution is 2.31. The van der Waals surface area contributed by atoms with Crippen molar-refractivity contribution in [3.8, 4) is 11.3 Å². The number of carbonyl (C=O) groups is 2. The summed E-state index contributed by atoms with van der Waals surface area (Å²) in [4.78, 5) is 26.4. The predicted octanol–water partition coefficient (Wildman–Crippen LogP) is 5.11. The molecule has 0 unspecified atom stereocenters. The van der Waals surface area contributed by atoms with E-state index in [-0.39, 0.29) is 17.2 Å². The van der Waals surface area contributed by atoms with E-state index in [1.165, 1.54) is 6.26 Å². The lowest BCUT2D eigenvalue weighted by molar-refractivity contribution is -0.117. The summed E-state index contributed by atoms with van der Waals surface area (Å²) in [6, 6.07) is 13.0. The number of furan rings is 2. The summed E-state index contributed by atoms with van der Waals surface area (Å²) < 4.78 is 11.3. The van der Waals surface area contributed by atoms with Crippen LogP contribution in [-0.4, -0.2) is 23.3 Å². The van der Waals surface area contributed by atoms with Gasteiger partial charge in [0, 0.05) is 42.7 Å². The van der Waals surface area contributed by atoms with Crippen LogP contribution in [0, 0.1) is 5.41 Å². The third kappa shape index (κ3) is 4.48. The fourth-order valence-corrected chi connectivity index (χ4v) is 3.61. The van der Waals surface area contributed by atoms with Crippen molar-refractivity contribution in [2.45, 2.75) is 40.2 Å². The lowest BCUT2D eigenvalue weighted by Gasteiger charge is -2.25. The van der Waals surface area contributed by atoms with Crippen LogP contribution >= 0.6 is 0 Å². The summed E-state index contributed by atoms with van der Waals surface area (Å²) in [6.07, 6.45) is 2.64. The Bertz CT molecular complexity index is 1040. The SMILES string of the molecule is CC(C)(C)CC(=O)Nc1ccc(-c2cc3c(o2)CCN(C(=O)c2ccco2)C3)cc1. The van der Waals surface area contributed by atoms with Crippen molar-refractivity contribution in [1.29, 1.82) is 0 Å². The van der Waals surface area contributed by atoms with E-state index in [9.17, 15) is 9.59 Å². The van der Waals surface area contributed by atoms with Gasteiger partial charge < -0.3 is 19.1 Å². The van der Waals surface area contributed by atoms with E-state index in [2.05, 4.69) is 5.32 Å². The molecule has 0 saturated heterocycles. The molecule has 2 amide bonds. The molecule has 6 heteroatoms. The lowest BCUT2D eigenvalue weighted by atomic mass is 9.92. The van der Waals surface area contributed by atoms with Gasteiger partial charge in [0.25, 0.3) is 5.91 Å². The van der Waals surface area contributed by atoms with Crippen LogP contribution in [0.2, 0.25) is 0 Å². The van der Waals surface area contributed by atoms with Crippen LogP contribution in [0.3, 0.4) is 0 Å². The van der Waals surface area contributed by atoms with Gasteiger partial charge in [0.1, 0.15) is 11.5 Å². The number of carbonyl (C=O) groups excluding carboxylic acids is 2. The molecule has 0 aliphatic carbocycles. The van der Waals surface area contributed by atoms with Gasteiger partial charge in [0.2, 0.25) is 5.91 Å². The number of hydrogen-bond donors (Lipinski definition) is 1. The van der Waals surface area contributed by atoms with Gasteiger partial charge in [-0.25, -0.2) is 0 Å². The van der Waals surface area contributed by atoms with Crippen molar-refractivity contribution < 1.29 is 18.4 Å². The van der Waals surface area contributed by atoms with Gasteiger partial charge in [-0.15, -0.1) is 0 Å². The summed E-state index contributed by atoms with van der Waals surface area (Å²) in [5.41, 5.74) is 2.66. The van der Waals surface area contributed by atoms with E-state index in [0.717, 1.165) is 28.3 Å². The van der Waals surface area contributed by atoms with Crippen molar-refractivity contribution in [1.82, 2.24) is 4.90 Å². The molecule has 1 aromatic carbocycles. The first-order valence-corrected chi connectivity index (χ1v) is 10.1. The maximum absolute atomic E-state index is 12.5. The van der Waals surface area contributed by atoms with Crippen molar-refractivity contribution in [3.05, 3.63) is 65.8 Å². The first-order chi connectivity index (χ1) is 14.3. The second-order valence-corrected chi connectivity index (χ2v) is 8.88. The molecule has 4 rings (SSSR count). The Morgan fingerprint density at radius 2 is 1.90 bits per heavy atom. The molecule has 0 fully saturated rings. The van der Waals surface area contributed by atoms with Gasteiger partial charge in [0.15, 0.2) is 5.76 Å². The number of hydrogen-bond acceptors (Lipinski definition) is 4. The summed E-state index contributed by atoms with van der Waals surface area (Å²) in [6.45, 7) is 7.21. The topological polar surface area (TPSA) is 75.7 Å². The van der Waals surface area contributed by atoms with Gasteiger partial charge in [-0.1, -0.05) is 20.8 Å². The summed E-state index contributed by atoms with van der Waals surface area (Å²) in [5.74, 6) is 1.93. The molecule has 156 valence electrons. The minimum absolute atomic E-state index is 0.00466. The monoisotopic (exact) mass is 406 g/mol. The molecule has 6 nitrogen and oxygen atoms in total. The molecule has 0 saturated carbocycles. The number of rotatable bonds is 4. The van der Waals surface area contributed by atoms with Gasteiger partial charge >= 0.3 is 0 Å². The van der Waals surface area contributed by atoms with E-state index >= 15 is 0 Å². The standard InChI is InChI=1S/C24H26N2O4/c1-24(2,3)14-22(27)25-18-8-6-16(7-9-18)21-13-17-15-26(11-10-19(17)30-21)23(28)20-5-4-12-29-20/h4-9,12-13H,10-11,14-15H2,1-3H3,(H,25,27). The highest BCUT2D eigenvalue weighted by molar-refractivity contribution is 5.92. The Balaban J connectivity index is 1.44. The quantitative estimate of drug-likeness (QED) is 0.653. The minimum atomic E-state index is -0.108. The molecule has 30 heavy (non-hydrogen) atoms. The Labute approximate surface area is 175 Å². The zero-order valence-electron chi connectivity index (χ0n) is 17.5. The van der Waals surface area contributed by atoms with Crippen LogP contribution in [0.15, 0.2) is 57.6 Å². The molecule has 1 N–H and O–H groups in total. The first kappa shape index (κ1) is 20.0. The average molecular weight is 406 g/mol. The van der Waals surface area contributed by atoms with Gasteiger partial charge in [0.05, 0.1) is 6.26 Å². The fraction of sp³-hybridized carbons (Fsp3) is 0.333. The Morgan fingerprint density at radius 3 is 2.57 bits per heavy atom. The van der Waals surface area contributed by atoms with E-state index < -0.39 is 0 Å². The van der Waals surface area contributed by atoms with Gasteiger partial charge in [-0.3, -0.25) is 9.59 Å². The highest BCUT2D eigenvalue weighted by atomic mass is 16.3. The van der Waals surface area contributed by atoms with Crippen molar-refractivity contribution in [2.75, 3.05) is 11.9 Å². The van der Waals surface area contributed by atoms with Crippen LogP contribution in [0.25, 0.3) is 11.3 Å². The van der Waals surface area contributed by atoms with Crippen molar-refractivity contribution >= 4 is 17.5 Å². The molecule has 3 heterocycles. The Morgan fingerprint density at radius 1 is 1.13 bits per heavy atom. The normalized spacial score (nSPS) is 13.8. The number of anilines is 1. The number of amides is 2. The molecular weight excluding hydrogens is 380 g/mol. The van der Waals surface area contributed by atoms with Gasteiger partial charge in [-0.05, 0) is 47.9 Å². The molecule has 2 aromatic heterocycles. The van der Waals surface area contributed by atoms with Crippen LogP contribution < -0.4 is 5.32 Å². The summed E-state index contributed by atoms with van der Waals surface area (Å²) in [7, 11) is 0. The third-order valence-corrected chi connectivity index (χ3v) is 5.03. The molecule has 1 aliphatic heterocycles. The maximum atomic E-state index is 12.5. The number of benzene rings is 1. The van der Waals surface area contributed by atoms with Crippen molar-refractivity contribution in [3.63, 3.8) is 0 Å². The van der Waals surface area contributed by atoms with Crippen LogP contribution in [0.1, 0.15) is 49.1 Å². The number of nitrogens with one attached hydrogen (secondary N) is 1. The summed E-state index contributed by atoms with van der Waals surface area (Å²) >= 11 is 0. The largest absolute Gasteiger partial charge is 0.461 e. The molecule has 1 aliphatic rings. The number of fused-ring (bicyclic) bond motifs is 1. The zero-order chi connectivity index (χ0) is 21.3. The molecule has 3 aromatic rings. The smallest absolute Gasteiger partial charge is 0.289 e.